The van der Waals surface area contributed by atoms with E-state index in [4.69, 9.17) is 0 Å². The van der Waals surface area contributed by atoms with Gasteiger partial charge >= 0.3 is 0 Å². The van der Waals surface area contributed by atoms with Crippen molar-refractivity contribution in [3.63, 3.8) is 0 Å². The number of aromatic nitrogens is 1. The highest BCUT2D eigenvalue weighted by Gasteiger charge is 1.97. The summed E-state index contributed by atoms with van der Waals surface area (Å²) in [5.74, 6) is 0. The lowest BCUT2D eigenvalue weighted by atomic mass is 10.3. The Labute approximate surface area is 64.2 Å². The second-order valence-corrected chi connectivity index (χ2v) is 2.19. The summed E-state index contributed by atoms with van der Waals surface area (Å²) < 4.78 is 0. The van der Waals surface area contributed by atoms with Gasteiger partial charge in [0.25, 0.3) is 0 Å². The summed E-state index contributed by atoms with van der Waals surface area (Å²) in [5.41, 5.74) is 1.88. The number of allylic oxidation sites excluding steroid dienone is 2. The number of nitrogens with zero attached hydrogens (tertiary/aromatic N) is 2. The van der Waals surface area contributed by atoms with Crippen molar-refractivity contribution >= 4 is 11.8 Å². The molecule has 1 aromatic rings. The zero-order chi connectivity index (χ0) is 7.52. The van der Waals surface area contributed by atoms with Crippen molar-refractivity contribution in [3.8, 4) is 0 Å². The number of H-pyrrole nitrogens is 1. The fraction of sp³-hybridized carbons (Fsp3) is 0. The highest BCUT2D eigenvalue weighted by atomic mass is 15.1. The van der Waals surface area contributed by atoms with Gasteiger partial charge < -0.3 is 4.98 Å². The summed E-state index contributed by atoms with van der Waals surface area (Å²) in [5, 5.41) is 7.78. The molecule has 0 bridgehead atoms. The SMILES string of the molecule is C1=C\N=Nc2cc[nH]c2\C=C/1. The lowest BCUT2D eigenvalue weighted by molar-refractivity contribution is 1.22. The number of azo groups is 1. The minimum Gasteiger partial charge on any atom is -0.360 e. The normalized spacial score (nSPS) is 20.0. The molecule has 0 aromatic carbocycles. The summed E-state index contributed by atoms with van der Waals surface area (Å²) in [6.45, 7) is 0. The Hall–Kier alpha value is -1.64. The molecule has 0 fully saturated rings. The fourth-order valence-corrected chi connectivity index (χ4v) is 0.930. The molecule has 1 aromatic heterocycles. The van der Waals surface area contributed by atoms with Gasteiger partial charge in [-0.1, -0.05) is 6.08 Å². The van der Waals surface area contributed by atoms with Gasteiger partial charge in [0.1, 0.15) is 5.69 Å². The van der Waals surface area contributed by atoms with E-state index >= 15 is 0 Å². The van der Waals surface area contributed by atoms with Crippen molar-refractivity contribution in [2.24, 2.45) is 10.2 Å². The van der Waals surface area contributed by atoms with E-state index in [1.165, 1.54) is 0 Å². The number of nitrogens with one attached hydrogen (secondary N) is 1. The standard InChI is InChI=1S/C8H7N3/c1-2-5-10-11-8-4-6-9-7(8)3-1/h1-6,9H/b2-1?,3-1-,5-2-,7-3?,10-5?,11-8?,11-10?. The molecule has 1 aliphatic heterocycles. The molecule has 11 heavy (non-hydrogen) atoms. The second kappa shape index (κ2) is 2.54. The van der Waals surface area contributed by atoms with Gasteiger partial charge in [-0.25, -0.2) is 0 Å². The first-order valence-electron chi connectivity index (χ1n) is 3.38. The first-order valence-corrected chi connectivity index (χ1v) is 3.38. The number of hydrogen-bond acceptors (Lipinski definition) is 2. The Morgan fingerprint density at radius 2 is 2.27 bits per heavy atom. The minimum atomic E-state index is 0.880. The molecule has 0 saturated carbocycles. The van der Waals surface area contributed by atoms with Gasteiger partial charge in [0, 0.05) is 12.4 Å². The van der Waals surface area contributed by atoms with E-state index in [1.54, 1.807) is 6.20 Å². The van der Waals surface area contributed by atoms with Crippen LogP contribution in [0, 0.1) is 0 Å². The van der Waals surface area contributed by atoms with Crippen molar-refractivity contribution in [2.75, 3.05) is 0 Å². The van der Waals surface area contributed by atoms with Crippen LogP contribution >= 0.6 is 0 Å². The van der Waals surface area contributed by atoms with Crippen molar-refractivity contribution in [1.82, 2.24) is 4.98 Å². The molecule has 1 aliphatic rings. The average molecular weight is 145 g/mol. The second-order valence-electron chi connectivity index (χ2n) is 2.19. The van der Waals surface area contributed by atoms with Crippen molar-refractivity contribution in [1.29, 1.82) is 0 Å². The highest BCUT2D eigenvalue weighted by molar-refractivity contribution is 5.61. The molecule has 2 heterocycles. The Balaban J connectivity index is 2.52. The monoisotopic (exact) mass is 145 g/mol. The maximum Gasteiger partial charge on any atom is 0.111 e. The van der Waals surface area contributed by atoms with Crippen molar-refractivity contribution in [2.45, 2.75) is 0 Å². The van der Waals surface area contributed by atoms with Gasteiger partial charge in [0.05, 0.1) is 5.69 Å². The van der Waals surface area contributed by atoms with E-state index < -0.39 is 0 Å². The van der Waals surface area contributed by atoms with Crippen LogP contribution in [0.1, 0.15) is 5.69 Å². The maximum absolute atomic E-state index is 3.96. The molecule has 0 amide bonds. The molecule has 0 aliphatic carbocycles. The summed E-state index contributed by atoms with van der Waals surface area (Å²) >= 11 is 0. The van der Waals surface area contributed by atoms with Crippen LogP contribution < -0.4 is 0 Å². The number of rotatable bonds is 0. The van der Waals surface area contributed by atoms with Crippen molar-refractivity contribution < 1.29 is 0 Å². The molecule has 2 rings (SSSR count). The number of hydrogen-bond donors (Lipinski definition) is 1. The molecule has 0 atom stereocenters. The topological polar surface area (TPSA) is 40.5 Å². The highest BCUT2D eigenvalue weighted by Crippen LogP contribution is 2.20. The average Bonchev–Trinajstić information content (AvgIpc) is 2.35. The van der Waals surface area contributed by atoms with E-state index in [2.05, 4.69) is 15.2 Å². The molecule has 0 spiro atoms. The summed E-state index contributed by atoms with van der Waals surface area (Å²) in [4.78, 5) is 3.05. The third-order valence-corrected chi connectivity index (χ3v) is 1.45. The van der Waals surface area contributed by atoms with Crippen LogP contribution in [0.25, 0.3) is 6.08 Å². The Kier molecular flexibility index (Phi) is 1.41. The van der Waals surface area contributed by atoms with Gasteiger partial charge in [-0.15, -0.1) is 5.11 Å². The van der Waals surface area contributed by atoms with Gasteiger partial charge in [0.2, 0.25) is 0 Å². The molecule has 54 valence electrons. The predicted molar refractivity (Wildman–Crippen MR) is 43.5 cm³/mol. The lowest BCUT2D eigenvalue weighted by Gasteiger charge is -1.90. The quantitative estimate of drug-likeness (QED) is 0.583. The molecule has 3 heteroatoms. The Bertz CT molecular complexity index is 300. The summed E-state index contributed by atoms with van der Waals surface area (Å²) in [7, 11) is 0. The number of fused-ring (bicyclic) bond motifs is 1. The molecular formula is C8H7N3. The molecule has 3 nitrogen and oxygen atoms in total. The lowest BCUT2D eigenvalue weighted by Crippen LogP contribution is -1.70. The predicted octanol–water partition coefficient (Wildman–Crippen LogP) is 2.64. The maximum atomic E-state index is 3.96. The Morgan fingerprint density at radius 1 is 1.27 bits per heavy atom. The van der Waals surface area contributed by atoms with Gasteiger partial charge in [-0.3, -0.25) is 0 Å². The summed E-state index contributed by atoms with van der Waals surface area (Å²) in [6, 6.07) is 1.89. The van der Waals surface area contributed by atoms with Crippen LogP contribution in [0.5, 0.6) is 0 Å². The van der Waals surface area contributed by atoms with Gasteiger partial charge in [0.15, 0.2) is 0 Å². The zero-order valence-electron chi connectivity index (χ0n) is 5.86. The van der Waals surface area contributed by atoms with E-state index in [9.17, 15) is 0 Å². The van der Waals surface area contributed by atoms with E-state index in [1.807, 2.05) is 30.5 Å². The third kappa shape index (κ3) is 1.12. The van der Waals surface area contributed by atoms with E-state index in [0.717, 1.165) is 11.4 Å². The fourth-order valence-electron chi connectivity index (χ4n) is 0.930. The molecule has 0 saturated heterocycles. The molecular weight excluding hydrogens is 138 g/mol. The van der Waals surface area contributed by atoms with Gasteiger partial charge in [-0.2, -0.15) is 5.11 Å². The van der Waals surface area contributed by atoms with Crippen LogP contribution in [-0.4, -0.2) is 4.98 Å². The van der Waals surface area contributed by atoms with E-state index in [0.29, 0.717) is 0 Å². The zero-order valence-corrected chi connectivity index (χ0v) is 5.86. The molecule has 0 unspecified atom stereocenters. The first-order chi connectivity index (χ1) is 5.47. The van der Waals surface area contributed by atoms with Crippen molar-refractivity contribution in [3.05, 3.63) is 36.3 Å². The first kappa shape index (κ1) is 6.09. The van der Waals surface area contributed by atoms with Crippen LogP contribution in [0.15, 0.2) is 40.8 Å². The Morgan fingerprint density at radius 3 is 3.27 bits per heavy atom. The summed E-state index contributed by atoms with van der Waals surface area (Å²) in [6.07, 6.45) is 9.23. The van der Waals surface area contributed by atoms with Gasteiger partial charge in [-0.05, 0) is 18.2 Å². The van der Waals surface area contributed by atoms with Crippen LogP contribution in [0.3, 0.4) is 0 Å². The van der Waals surface area contributed by atoms with Crippen LogP contribution in [0.2, 0.25) is 0 Å². The van der Waals surface area contributed by atoms with E-state index in [-0.39, 0.29) is 0 Å². The number of aromatic amines is 1. The largest absolute Gasteiger partial charge is 0.360 e. The third-order valence-electron chi connectivity index (χ3n) is 1.45. The smallest absolute Gasteiger partial charge is 0.111 e. The van der Waals surface area contributed by atoms with Crippen LogP contribution in [0.4, 0.5) is 5.69 Å². The molecule has 0 radical (unpaired) electrons. The van der Waals surface area contributed by atoms with Crippen LogP contribution in [-0.2, 0) is 0 Å². The minimum absolute atomic E-state index is 0.880. The molecule has 1 N–H and O–H groups in total.